The third kappa shape index (κ3) is 3.70. The number of nitrogens with zero attached hydrogens (tertiary/aromatic N) is 5. The van der Waals surface area contributed by atoms with Crippen molar-refractivity contribution < 1.29 is 13.7 Å². The van der Waals surface area contributed by atoms with Crippen LogP contribution in [0.5, 0.6) is 0 Å². The predicted molar refractivity (Wildman–Crippen MR) is 112 cm³/mol. The average molecular weight is 438 g/mol. The number of benzene rings is 2. The largest absolute Gasteiger partial charge is 0.339 e. The van der Waals surface area contributed by atoms with E-state index in [9.17, 15) is 9.18 Å². The molecule has 0 aliphatic carbocycles. The van der Waals surface area contributed by atoms with E-state index in [4.69, 9.17) is 16.1 Å². The summed E-state index contributed by atoms with van der Waals surface area (Å²) in [6, 6.07) is 15.0. The Kier molecular flexibility index (Phi) is 4.78. The van der Waals surface area contributed by atoms with Crippen molar-refractivity contribution in [1.29, 1.82) is 0 Å². The summed E-state index contributed by atoms with van der Waals surface area (Å²) in [4.78, 5) is 19.1. The van der Waals surface area contributed by atoms with Crippen LogP contribution in [0.4, 0.5) is 4.39 Å². The minimum atomic E-state index is -0.317. The summed E-state index contributed by atoms with van der Waals surface area (Å²) in [5, 5.41) is 9.01. The quantitative estimate of drug-likeness (QED) is 0.479. The summed E-state index contributed by atoms with van der Waals surface area (Å²) in [5.74, 6) is 0.499. The molecule has 1 saturated heterocycles. The molecular formula is C22H17ClFN5O2. The molecule has 7 nitrogen and oxygen atoms in total. The van der Waals surface area contributed by atoms with Crippen molar-refractivity contribution in [3.63, 3.8) is 0 Å². The lowest BCUT2D eigenvalue weighted by molar-refractivity contribution is 0.0558. The van der Waals surface area contributed by atoms with E-state index in [-0.39, 0.29) is 17.6 Å². The fourth-order valence-electron chi connectivity index (χ4n) is 3.54. The van der Waals surface area contributed by atoms with Crippen molar-refractivity contribution in [1.82, 2.24) is 24.8 Å². The maximum atomic E-state index is 13.2. The Balaban J connectivity index is 1.27. The minimum Gasteiger partial charge on any atom is -0.339 e. The van der Waals surface area contributed by atoms with Crippen LogP contribution < -0.4 is 0 Å². The van der Waals surface area contributed by atoms with Crippen LogP contribution >= 0.6 is 11.6 Å². The van der Waals surface area contributed by atoms with Crippen molar-refractivity contribution >= 4 is 17.5 Å². The van der Waals surface area contributed by atoms with E-state index in [0.29, 0.717) is 41.2 Å². The van der Waals surface area contributed by atoms with Gasteiger partial charge in [0.2, 0.25) is 11.7 Å². The summed E-state index contributed by atoms with van der Waals surface area (Å²) in [6.07, 6.45) is 0. The molecule has 5 rings (SSSR count). The number of carbonyl (C=O) groups is 1. The van der Waals surface area contributed by atoms with Gasteiger partial charge in [-0.05, 0) is 42.5 Å². The number of amides is 1. The highest BCUT2D eigenvalue weighted by Gasteiger charge is 2.37. The maximum absolute atomic E-state index is 13.2. The molecule has 0 saturated carbocycles. The second-order valence-corrected chi connectivity index (χ2v) is 7.86. The van der Waals surface area contributed by atoms with Gasteiger partial charge in [-0.2, -0.15) is 10.1 Å². The van der Waals surface area contributed by atoms with Crippen LogP contribution in [0.2, 0.25) is 5.02 Å². The molecule has 1 aliphatic rings. The summed E-state index contributed by atoms with van der Waals surface area (Å²) in [5.41, 5.74) is 2.60. The highest BCUT2D eigenvalue weighted by molar-refractivity contribution is 6.30. The number of carbonyl (C=O) groups excluding carboxylic acids is 1. The number of likely N-dealkylation sites (tertiary alicyclic amines) is 1. The van der Waals surface area contributed by atoms with E-state index in [1.54, 1.807) is 42.3 Å². The smallest absolute Gasteiger partial charge is 0.272 e. The Morgan fingerprint density at radius 3 is 2.65 bits per heavy atom. The van der Waals surface area contributed by atoms with E-state index in [2.05, 4.69) is 15.2 Å². The third-order valence-electron chi connectivity index (χ3n) is 5.28. The summed E-state index contributed by atoms with van der Waals surface area (Å²) >= 11 is 6.02. The number of rotatable bonds is 4. The van der Waals surface area contributed by atoms with Crippen molar-refractivity contribution in [2.75, 3.05) is 13.1 Å². The number of hydrogen-bond acceptors (Lipinski definition) is 5. The van der Waals surface area contributed by atoms with Crippen LogP contribution in [0.1, 0.15) is 22.3 Å². The van der Waals surface area contributed by atoms with Gasteiger partial charge in [-0.1, -0.05) is 28.9 Å². The molecule has 156 valence electrons. The van der Waals surface area contributed by atoms with Crippen molar-refractivity contribution in [3.05, 3.63) is 77.0 Å². The highest BCUT2D eigenvalue weighted by atomic mass is 35.5. The van der Waals surface area contributed by atoms with Crippen LogP contribution in [0, 0.1) is 5.82 Å². The van der Waals surface area contributed by atoms with E-state index in [0.717, 1.165) is 11.1 Å². The Bertz CT molecular complexity index is 1260. The Morgan fingerprint density at radius 2 is 1.90 bits per heavy atom. The van der Waals surface area contributed by atoms with Gasteiger partial charge in [-0.25, -0.2) is 4.39 Å². The van der Waals surface area contributed by atoms with Gasteiger partial charge in [0.1, 0.15) is 11.5 Å². The first kappa shape index (κ1) is 19.4. The molecule has 1 fully saturated rings. The second kappa shape index (κ2) is 7.63. The van der Waals surface area contributed by atoms with E-state index in [1.165, 1.54) is 16.8 Å². The lowest BCUT2D eigenvalue weighted by Crippen LogP contribution is -2.49. The summed E-state index contributed by atoms with van der Waals surface area (Å²) < 4.78 is 20.1. The Labute approximate surface area is 182 Å². The third-order valence-corrected chi connectivity index (χ3v) is 5.52. The number of halogens is 2. The first-order valence-corrected chi connectivity index (χ1v) is 10.0. The number of aromatic nitrogens is 4. The van der Waals surface area contributed by atoms with Gasteiger partial charge in [0.15, 0.2) is 0 Å². The standard InChI is InChI=1S/C22H17ClFN5O2/c1-28-19(10-18(26-28)13-5-7-17(24)8-6-13)22(30)29-11-15(12-29)21-25-20(27-31-21)14-3-2-4-16(23)9-14/h2-10,15H,11-12H2,1H3. The molecule has 0 bridgehead atoms. The maximum Gasteiger partial charge on any atom is 0.272 e. The predicted octanol–water partition coefficient (Wildman–Crippen LogP) is 4.17. The Hall–Kier alpha value is -3.52. The molecule has 4 aromatic rings. The molecule has 31 heavy (non-hydrogen) atoms. The molecule has 2 aromatic heterocycles. The van der Waals surface area contributed by atoms with Gasteiger partial charge in [-0.3, -0.25) is 9.48 Å². The first-order chi connectivity index (χ1) is 15.0. The molecule has 2 aromatic carbocycles. The zero-order valence-corrected chi connectivity index (χ0v) is 17.3. The van der Waals surface area contributed by atoms with Gasteiger partial charge in [0.05, 0.1) is 11.6 Å². The van der Waals surface area contributed by atoms with Crippen molar-refractivity contribution in [3.8, 4) is 22.6 Å². The van der Waals surface area contributed by atoms with Gasteiger partial charge < -0.3 is 9.42 Å². The normalized spacial score (nSPS) is 14.0. The van der Waals surface area contributed by atoms with Gasteiger partial charge in [0, 0.05) is 36.3 Å². The van der Waals surface area contributed by atoms with Crippen LogP contribution in [-0.4, -0.2) is 43.8 Å². The molecule has 1 aliphatic heterocycles. The Morgan fingerprint density at radius 1 is 1.13 bits per heavy atom. The van der Waals surface area contributed by atoms with Crippen LogP contribution in [0.15, 0.2) is 59.1 Å². The van der Waals surface area contributed by atoms with E-state index >= 15 is 0 Å². The molecule has 0 atom stereocenters. The van der Waals surface area contributed by atoms with E-state index in [1.807, 2.05) is 12.1 Å². The average Bonchev–Trinajstić information content (AvgIpc) is 3.35. The zero-order valence-electron chi connectivity index (χ0n) is 16.5. The lowest BCUT2D eigenvalue weighted by Gasteiger charge is -2.36. The molecule has 3 heterocycles. The fourth-order valence-corrected chi connectivity index (χ4v) is 3.73. The second-order valence-electron chi connectivity index (χ2n) is 7.42. The van der Waals surface area contributed by atoms with Gasteiger partial charge in [0.25, 0.3) is 5.91 Å². The molecule has 0 radical (unpaired) electrons. The van der Waals surface area contributed by atoms with Crippen LogP contribution in [0.3, 0.4) is 0 Å². The van der Waals surface area contributed by atoms with Gasteiger partial charge in [-0.15, -0.1) is 0 Å². The molecule has 9 heteroatoms. The number of aryl methyl sites for hydroxylation is 1. The fraction of sp³-hybridized carbons (Fsp3) is 0.182. The summed E-state index contributed by atoms with van der Waals surface area (Å²) in [6.45, 7) is 0.958. The highest BCUT2D eigenvalue weighted by Crippen LogP contribution is 2.30. The van der Waals surface area contributed by atoms with E-state index < -0.39 is 0 Å². The molecule has 0 N–H and O–H groups in total. The number of hydrogen-bond donors (Lipinski definition) is 0. The zero-order chi connectivity index (χ0) is 21.5. The van der Waals surface area contributed by atoms with Crippen molar-refractivity contribution in [2.24, 2.45) is 7.05 Å². The molecule has 1 amide bonds. The van der Waals surface area contributed by atoms with Crippen molar-refractivity contribution in [2.45, 2.75) is 5.92 Å². The monoisotopic (exact) mass is 437 g/mol. The van der Waals surface area contributed by atoms with Crippen LogP contribution in [-0.2, 0) is 7.05 Å². The SMILES string of the molecule is Cn1nc(-c2ccc(F)cc2)cc1C(=O)N1CC(c2nc(-c3cccc(Cl)c3)no2)C1. The van der Waals surface area contributed by atoms with Gasteiger partial charge >= 0.3 is 0 Å². The topological polar surface area (TPSA) is 77.1 Å². The summed E-state index contributed by atoms with van der Waals surface area (Å²) in [7, 11) is 1.72. The van der Waals surface area contributed by atoms with Crippen LogP contribution in [0.25, 0.3) is 22.6 Å². The lowest BCUT2D eigenvalue weighted by atomic mass is 9.99. The molecule has 0 unspecified atom stereocenters. The molecular weight excluding hydrogens is 421 g/mol. The first-order valence-electron chi connectivity index (χ1n) is 9.67. The minimum absolute atomic E-state index is 0.0193. The molecule has 0 spiro atoms.